The molecule has 0 aromatic heterocycles. The molecule has 0 radical (unpaired) electrons. The highest BCUT2D eigenvalue weighted by molar-refractivity contribution is 5.95. The first-order valence-electron chi connectivity index (χ1n) is 3.89. The number of hydrogen-bond acceptors (Lipinski definition) is 2. The Morgan fingerprint density at radius 3 is 2.73 bits per heavy atom. The van der Waals surface area contributed by atoms with Crippen molar-refractivity contribution in [1.29, 1.82) is 0 Å². The van der Waals surface area contributed by atoms with Crippen LogP contribution in [0.25, 0.3) is 0 Å². The fourth-order valence-corrected chi connectivity index (χ4v) is 1.59. The standard InChI is InChI=1S/C7H11N3O/c11-6-9-5-7(10-6)1-3-8-4-2-7/h5,8H,1-4H2,(H,10,11). The number of nitrogens with one attached hydrogen (secondary N) is 2. The Morgan fingerprint density at radius 1 is 1.45 bits per heavy atom. The van der Waals surface area contributed by atoms with Gasteiger partial charge in [0.15, 0.2) is 0 Å². The third-order valence-electron chi connectivity index (χ3n) is 2.28. The molecule has 0 bridgehead atoms. The molecular formula is C7H11N3O. The predicted octanol–water partition coefficient (Wildman–Crippen LogP) is -0.0974. The van der Waals surface area contributed by atoms with Crippen LogP contribution in [0.15, 0.2) is 4.99 Å². The van der Waals surface area contributed by atoms with Crippen LogP contribution in [-0.4, -0.2) is 30.9 Å². The second-order valence-corrected chi connectivity index (χ2v) is 3.09. The Kier molecular flexibility index (Phi) is 1.42. The largest absolute Gasteiger partial charge is 0.341 e. The lowest BCUT2D eigenvalue weighted by Gasteiger charge is -2.30. The van der Waals surface area contributed by atoms with Crippen molar-refractivity contribution in [2.45, 2.75) is 18.4 Å². The topological polar surface area (TPSA) is 53.5 Å². The maximum Gasteiger partial charge on any atom is 0.341 e. The third kappa shape index (κ3) is 1.14. The van der Waals surface area contributed by atoms with Gasteiger partial charge in [-0.2, -0.15) is 0 Å². The molecule has 2 rings (SSSR count). The van der Waals surface area contributed by atoms with E-state index in [1.807, 2.05) is 0 Å². The van der Waals surface area contributed by atoms with Gasteiger partial charge >= 0.3 is 6.03 Å². The molecule has 2 heterocycles. The summed E-state index contributed by atoms with van der Waals surface area (Å²) >= 11 is 0. The Balaban J connectivity index is 2.10. The average molecular weight is 153 g/mol. The van der Waals surface area contributed by atoms with Gasteiger partial charge in [-0.05, 0) is 25.9 Å². The molecule has 11 heavy (non-hydrogen) atoms. The average Bonchev–Trinajstić information content (AvgIpc) is 2.34. The minimum Gasteiger partial charge on any atom is -0.326 e. The lowest BCUT2D eigenvalue weighted by molar-refractivity contribution is 0.241. The van der Waals surface area contributed by atoms with E-state index in [1.54, 1.807) is 6.21 Å². The fraction of sp³-hybridized carbons (Fsp3) is 0.714. The Bertz CT molecular complexity index is 206. The SMILES string of the molecule is O=C1N=CC2(CCNCC2)N1. The van der Waals surface area contributed by atoms with Crippen molar-refractivity contribution in [2.24, 2.45) is 4.99 Å². The highest BCUT2D eigenvalue weighted by Gasteiger charge is 2.35. The van der Waals surface area contributed by atoms with E-state index < -0.39 is 0 Å². The summed E-state index contributed by atoms with van der Waals surface area (Å²) in [5, 5.41) is 6.11. The van der Waals surface area contributed by atoms with E-state index in [0.717, 1.165) is 25.9 Å². The third-order valence-corrected chi connectivity index (χ3v) is 2.28. The van der Waals surface area contributed by atoms with Crippen molar-refractivity contribution in [3.8, 4) is 0 Å². The highest BCUT2D eigenvalue weighted by Crippen LogP contribution is 2.19. The normalized spacial score (nSPS) is 27.5. The molecule has 60 valence electrons. The number of amides is 2. The number of aliphatic imine (C=N–C) groups is 1. The van der Waals surface area contributed by atoms with Crippen LogP contribution < -0.4 is 10.6 Å². The monoisotopic (exact) mass is 153 g/mol. The van der Waals surface area contributed by atoms with Gasteiger partial charge in [-0.25, -0.2) is 9.79 Å². The molecule has 0 aliphatic carbocycles. The first-order valence-corrected chi connectivity index (χ1v) is 3.89. The minimum atomic E-state index is -0.188. The van der Waals surface area contributed by atoms with Gasteiger partial charge in [-0.15, -0.1) is 0 Å². The van der Waals surface area contributed by atoms with Gasteiger partial charge in [0.2, 0.25) is 0 Å². The molecule has 2 aliphatic rings. The molecule has 0 aromatic rings. The first-order chi connectivity index (χ1) is 5.31. The predicted molar refractivity (Wildman–Crippen MR) is 41.9 cm³/mol. The van der Waals surface area contributed by atoms with Gasteiger partial charge in [0.1, 0.15) is 0 Å². The molecule has 2 amide bonds. The van der Waals surface area contributed by atoms with E-state index in [-0.39, 0.29) is 11.6 Å². The zero-order valence-electron chi connectivity index (χ0n) is 6.26. The lowest BCUT2D eigenvalue weighted by atomic mass is 9.91. The smallest absolute Gasteiger partial charge is 0.326 e. The van der Waals surface area contributed by atoms with Crippen LogP contribution in [0.4, 0.5) is 4.79 Å². The van der Waals surface area contributed by atoms with E-state index in [2.05, 4.69) is 15.6 Å². The summed E-state index contributed by atoms with van der Waals surface area (Å²) in [4.78, 5) is 14.5. The van der Waals surface area contributed by atoms with E-state index in [4.69, 9.17) is 0 Å². The number of carbonyl (C=O) groups is 1. The molecule has 0 atom stereocenters. The summed E-state index contributed by atoms with van der Waals surface area (Å²) in [5.41, 5.74) is -0.109. The van der Waals surface area contributed by atoms with Gasteiger partial charge < -0.3 is 10.6 Å². The van der Waals surface area contributed by atoms with E-state index in [9.17, 15) is 4.79 Å². The van der Waals surface area contributed by atoms with Crippen LogP contribution in [0.3, 0.4) is 0 Å². The minimum absolute atomic E-state index is 0.109. The fourth-order valence-electron chi connectivity index (χ4n) is 1.59. The number of urea groups is 1. The number of carbonyl (C=O) groups excluding carboxylic acids is 1. The van der Waals surface area contributed by atoms with E-state index in [1.165, 1.54) is 0 Å². The number of hydrogen-bond donors (Lipinski definition) is 2. The van der Waals surface area contributed by atoms with Crippen molar-refractivity contribution in [3.63, 3.8) is 0 Å². The van der Waals surface area contributed by atoms with Crippen LogP contribution in [0, 0.1) is 0 Å². The quantitative estimate of drug-likeness (QED) is 0.510. The van der Waals surface area contributed by atoms with Crippen LogP contribution in [-0.2, 0) is 0 Å². The highest BCUT2D eigenvalue weighted by atomic mass is 16.2. The zero-order valence-corrected chi connectivity index (χ0v) is 6.26. The summed E-state index contributed by atoms with van der Waals surface area (Å²) in [6.07, 6.45) is 3.68. The molecule has 0 saturated carbocycles. The maximum absolute atomic E-state index is 10.8. The Labute approximate surface area is 65.1 Å². The zero-order chi connectivity index (χ0) is 7.73. The summed E-state index contributed by atoms with van der Waals surface area (Å²) in [7, 11) is 0. The van der Waals surface area contributed by atoms with Gasteiger partial charge in [0, 0.05) is 6.21 Å². The second kappa shape index (κ2) is 2.30. The van der Waals surface area contributed by atoms with Crippen LogP contribution >= 0.6 is 0 Å². The molecular weight excluding hydrogens is 142 g/mol. The molecule has 2 aliphatic heterocycles. The number of nitrogens with zero attached hydrogens (tertiary/aromatic N) is 1. The molecule has 1 saturated heterocycles. The summed E-state index contributed by atoms with van der Waals surface area (Å²) in [6.45, 7) is 1.93. The Hall–Kier alpha value is -0.900. The van der Waals surface area contributed by atoms with Crippen LogP contribution in [0.2, 0.25) is 0 Å². The summed E-state index contributed by atoms with van der Waals surface area (Å²) < 4.78 is 0. The number of rotatable bonds is 0. The second-order valence-electron chi connectivity index (χ2n) is 3.09. The van der Waals surface area contributed by atoms with Gasteiger partial charge in [0.25, 0.3) is 0 Å². The van der Waals surface area contributed by atoms with Crippen molar-refractivity contribution < 1.29 is 4.79 Å². The molecule has 0 aromatic carbocycles. The van der Waals surface area contributed by atoms with E-state index >= 15 is 0 Å². The first kappa shape index (κ1) is 6.79. The van der Waals surface area contributed by atoms with Crippen molar-refractivity contribution >= 4 is 12.2 Å². The van der Waals surface area contributed by atoms with Crippen molar-refractivity contribution in [3.05, 3.63) is 0 Å². The van der Waals surface area contributed by atoms with Gasteiger partial charge in [0.05, 0.1) is 5.54 Å². The molecule has 4 heteroatoms. The Morgan fingerprint density at radius 2 is 2.18 bits per heavy atom. The summed E-state index contributed by atoms with van der Waals surface area (Å²) in [5.74, 6) is 0. The van der Waals surface area contributed by atoms with Crippen LogP contribution in [0.5, 0.6) is 0 Å². The number of piperidine rings is 1. The van der Waals surface area contributed by atoms with Gasteiger partial charge in [-0.3, -0.25) is 0 Å². The van der Waals surface area contributed by atoms with Crippen LogP contribution in [0.1, 0.15) is 12.8 Å². The molecule has 2 N–H and O–H groups in total. The van der Waals surface area contributed by atoms with E-state index in [0.29, 0.717) is 0 Å². The van der Waals surface area contributed by atoms with Gasteiger partial charge in [-0.1, -0.05) is 0 Å². The lowest BCUT2D eigenvalue weighted by Crippen LogP contribution is -2.51. The maximum atomic E-state index is 10.8. The van der Waals surface area contributed by atoms with Crippen molar-refractivity contribution in [1.82, 2.24) is 10.6 Å². The summed E-state index contributed by atoms with van der Waals surface area (Å²) in [6, 6.07) is -0.188. The molecule has 1 spiro atoms. The molecule has 4 nitrogen and oxygen atoms in total. The molecule has 0 unspecified atom stereocenters. The van der Waals surface area contributed by atoms with Crippen molar-refractivity contribution in [2.75, 3.05) is 13.1 Å². The molecule has 1 fully saturated rings.